The van der Waals surface area contributed by atoms with Gasteiger partial charge in [0.25, 0.3) is 0 Å². The Morgan fingerprint density at radius 1 is 0.739 bits per heavy atom. The van der Waals surface area contributed by atoms with Crippen LogP contribution in [0.5, 0.6) is 5.88 Å². The summed E-state index contributed by atoms with van der Waals surface area (Å²) in [6.45, 7) is 11.1. The van der Waals surface area contributed by atoms with Crippen molar-refractivity contribution in [3.63, 3.8) is 0 Å². The van der Waals surface area contributed by atoms with Gasteiger partial charge in [0.2, 0.25) is 5.88 Å². The van der Waals surface area contributed by atoms with E-state index >= 15 is 0 Å². The van der Waals surface area contributed by atoms with Gasteiger partial charge in [0, 0.05) is 37.3 Å². The second kappa shape index (κ2) is 15.0. The molecular weight excluding hydrogens is 576 g/mol. The van der Waals surface area contributed by atoms with Crippen molar-refractivity contribution in [1.82, 2.24) is 19.4 Å². The van der Waals surface area contributed by atoms with Gasteiger partial charge in [-0.3, -0.25) is 4.90 Å². The van der Waals surface area contributed by atoms with Gasteiger partial charge in [0.1, 0.15) is 29.7 Å². The van der Waals surface area contributed by atoms with Crippen LogP contribution < -0.4 is 4.74 Å². The molecule has 1 unspecified atom stereocenters. The summed E-state index contributed by atoms with van der Waals surface area (Å²) in [5.74, 6) is 0.800. The molecule has 0 N–H and O–H groups in total. The van der Waals surface area contributed by atoms with Crippen LogP contribution in [-0.2, 0) is 47.3 Å². The first kappa shape index (κ1) is 31.9. The van der Waals surface area contributed by atoms with E-state index in [0.717, 1.165) is 35.2 Å². The highest BCUT2D eigenvalue weighted by atomic mass is 16.5. The van der Waals surface area contributed by atoms with E-state index < -0.39 is 5.60 Å². The highest BCUT2D eigenvalue weighted by Crippen LogP contribution is 2.31. The van der Waals surface area contributed by atoms with Gasteiger partial charge >= 0.3 is 0 Å². The van der Waals surface area contributed by atoms with Gasteiger partial charge in [-0.15, -0.1) is 0 Å². The van der Waals surface area contributed by atoms with Crippen LogP contribution in [0.4, 0.5) is 0 Å². The lowest BCUT2D eigenvalue weighted by Crippen LogP contribution is -2.26. The molecule has 2 atom stereocenters. The minimum atomic E-state index is -0.410. The lowest BCUT2D eigenvalue weighted by molar-refractivity contribution is -0.0107. The molecule has 0 aliphatic carbocycles. The van der Waals surface area contributed by atoms with E-state index in [1.54, 1.807) is 6.33 Å². The third kappa shape index (κ3) is 8.59. The number of rotatable bonds is 14. The van der Waals surface area contributed by atoms with E-state index in [2.05, 4.69) is 69.2 Å². The van der Waals surface area contributed by atoms with Crippen molar-refractivity contribution in [1.29, 1.82) is 0 Å². The van der Waals surface area contributed by atoms with Crippen molar-refractivity contribution >= 4 is 11.0 Å². The normalized spacial score (nSPS) is 17.1. The maximum atomic E-state index is 6.54. The van der Waals surface area contributed by atoms with Crippen LogP contribution in [0, 0.1) is 5.92 Å². The Morgan fingerprint density at radius 2 is 1.35 bits per heavy atom. The van der Waals surface area contributed by atoms with Gasteiger partial charge in [0.05, 0.1) is 32.5 Å². The minimum absolute atomic E-state index is 0.0490. The van der Waals surface area contributed by atoms with E-state index in [-0.39, 0.29) is 12.0 Å². The average molecular weight is 621 g/mol. The number of fused-ring (bicyclic) bond motifs is 1. The van der Waals surface area contributed by atoms with Crippen LogP contribution in [-0.4, -0.2) is 50.8 Å². The van der Waals surface area contributed by atoms with Gasteiger partial charge in [-0.2, -0.15) is 4.98 Å². The maximum absolute atomic E-state index is 6.54. The summed E-state index contributed by atoms with van der Waals surface area (Å²) in [4.78, 5) is 11.7. The van der Waals surface area contributed by atoms with Crippen molar-refractivity contribution in [2.75, 3.05) is 19.7 Å². The summed E-state index contributed by atoms with van der Waals surface area (Å²) in [5.41, 5.74) is 5.89. The number of hydrogen-bond acceptors (Lipinski definition) is 7. The Hall–Kier alpha value is -4.08. The second-order valence-corrected chi connectivity index (χ2v) is 13.0. The molecule has 240 valence electrons. The smallest absolute Gasteiger partial charge is 0.242 e. The second-order valence-electron chi connectivity index (χ2n) is 13.0. The fraction of sp³-hybridized carbons (Fsp3) is 0.368. The first-order valence-electron chi connectivity index (χ1n) is 16.0. The molecule has 0 amide bonds. The van der Waals surface area contributed by atoms with Crippen molar-refractivity contribution in [2.24, 2.45) is 5.92 Å². The molecule has 1 saturated heterocycles. The lowest BCUT2D eigenvalue weighted by atomic mass is 10.1. The molecule has 1 aliphatic rings. The van der Waals surface area contributed by atoms with Crippen molar-refractivity contribution in [2.45, 2.75) is 65.6 Å². The van der Waals surface area contributed by atoms with E-state index in [1.165, 1.54) is 11.1 Å². The van der Waals surface area contributed by atoms with Crippen molar-refractivity contribution < 1.29 is 18.9 Å². The number of aromatic nitrogens is 3. The third-order valence-electron chi connectivity index (χ3n) is 8.04. The molecule has 2 aromatic heterocycles. The quantitative estimate of drug-likeness (QED) is 0.132. The molecule has 3 heterocycles. The summed E-state index contributed by atoms with van der Waals surface area (Å²) in [7, 11) is 0. The molecule has 1 aliphatic heterocycles. The minimum Gasteiger partial charge on any atom is -0.470 e. The predicted molar refractivity (Wildman–Crippen MR) is 179 cm³/mol. The fourth-order valence-corrected chi connectivity index (χ4v) is 5.91. The number of nitrogens with zero attached hydrogens (tertiary/aromatic N) is 4. The molecule has 8 nitrogen and oxygen atoms in total. The molecule has 6 rings (SSSR count). The molecule has 46 heavy (non-hydrogen) atoms. The molecular formula is C38H44N4O4. The zero-order valence-corrected chi connectivity index (χ0v) is 27.0. The Bertz CT molecular complexity index is 1650. The number of hydrogen-bond donors (Lipinski definition) is 0. The van der Waals surface area contributed by atoms with Gasteiger partial charge in [0.15, 0.2) is 0 Å². The summed E-state index contributed by atoms with van der Waals surface area (Å²) in [6, 6.07) is 30.9. The van der Waals surface area contributed by atoms with E-state index in [1.807, 2.05) is 63.2 Å². The topological polar surface area (TPSA) is 70.9 Å². The Kier molecular flexibility index (Phi) is 10.4. The zero-order chi connectivity index (χ0) is 31.8. The number of ether oxygens (including phenoxy) is 4. The van der Waals surface area contributed by atoms with Crippen molar-refractivity contribution in [3.05, 3.63) is 126 Å². The summed E-state index contributed by atoms with van der Waals surface area (Å²) < 4.78 is 27.3. The largest absolute Gasteiger partial charge is 0.470 e. The van der Waals surface area contributed by atoms with Crippen LogP contribution in [0.3, 0.4) is 0 Å². The van der Waals surface area contributed by atoms with Gasteiger partial charge in [-0.1, -0.05) is 91.0 Å². The van der Waals surface area contributed by atoms with Crippen LogP contribution in [0.15, 0.2) is 104 Å². The SMILES string of the molecule is CC(C)(C)Oc1ncnc2c(CN3CC(OCc4ccccc4)[C@@H](COCc4ccccc4)C3)cn(COCc3ccccc3)c12. The molecule has 0 bridgehead atoms. The van der Waals surface area contributed by atoms with Gasteiger partial charge < -0.3 is 23.5 Å². The van der Waals surface area contributed by atoms with E-state index in [0.29, 0.717) is 45.6 Å². The summed E-state index contributed by atoms with van der Waals surface area (Å²) in [5, 5.41) is 0. The van der Waals surface area contributed by atoms with E-state index in [4.69, 9.17) is 23.9 Å². The highest BCUT2D eigenvalue weighted by molar-refractivity contribution is 5.84. The van der Waals surface area contributed by atoms with Gasteiger partial charge in [-0.05, 0) is 37.5 Å². The Balaban J connectivity index is 1.20. The molecule has 0 radical (unpaired) electrons. The van der Waals surface area contributed by atoms with Gasteiger partial charge in [-0.25, -0.2) is 4.98 Å². The standard InChI is InChI=1S/C38H44N4O4/c1-38(2,3)46-37-36-35(39-27-40-37)32(21-42(36)28-44-24-30-15-9-5-10-16-30)19-41-20-33(26-43-23-29-13-7-4-8-14-29)34(22-41)45-25-31-17-11-6-12-18-31/h4-18,21,27,33-34H,19-20,22-26,28H2,1-3H3/t33-,34?/m1/s1. The summed E-state index contributed by atoms with van der Waals surface area (Å²) >= 11 is 0. The summed E-state index contributed by atoms with van der Waals surface area (Å²) in [6.07, 6.45) is 3.78. The van der Waals surface area contributed by atoms with E-state index in [9.17, 15) is 0 Å². The number of benzene rings is 3. The Labute approximate surface area is 271 Å². The van der Waals surface area contributed by atoms with Crippen LogP contribution in [0.2, 0.25) is 0 Å². The highest BCUT2D eigenvalue weighted by Gasteiger charge is 2.34. The average Bonchev–Trinajstić information content (AvgIpc) is 3.61. The molecule has 0 saturated carbocycles. The van der Waals surface area contributed by atoms with Crippen LogP contribution in [0.1, 0.15) is 43.0 Å². The monoisotopic (exact) mass is 620 g/mol. The molecule has 1 fully saturated rings. The molecule has 5 aromatic rings. The zero-order valence-electron chi connectivity index (χ0n) is 27.0. The lowest BCUT2D eigenvalue weighted by Gasteiger charge is -2.21. The van der Waals surface area contributed by atoms with Crippen molar-refractivity contribution in [3.8, 4) is 5.88 Å². The number of likely N-dealkylation sites (tertiary alicyclic amines) is 1. The predicted octanol–water partition coefficient (Wildman–Crippen LogP) is 7.02. The first-order valence-corrected chi connectivity index (χ1v) is 16.0. The first-order chi connectivity index (χ1) is 22.4. The van der Waals surface area contributed by atoms with Crippen LogP contribution >= 0.6 is 0 Å². The molecule has 3 aromatic carbocycles. The molecule has 0 spiro atoms. The van der Waals surface area contributed by atoms with Crippen LogP contribution in [0.25, 0.3) is 11.0 Å². The third-order valence-corrected chi connectivity index (χ3v) is 8.04. The Morgan fingerprint density at radius 3 is 1.98 bits per heavy atom. The molecule has 8 heteroatoms. The maximum Gasteiger partial charge on any atom is 0.242 e. The fourth-order valence-electron chi connectivity index (χ4n) is 5.91.